The van der Waals surface area contributed by atoms with Crippen LogP contribution < -0.4 is 4.74 Å². The minimum Gasteiger partial charge on any atom is -0.495 e. The van der Waals surface area contributed by atoms with Crippen LogP contribution in [0.4, 0.5) is 21.7 Å². The van der Waals surface area contributed by atoms with Crippen LogP contribution in [0.2, 0.25) is 0 Å². The Bertz CT molecular complexity index is 1320. The summed E-state index contributed by atoms with van der Waals surface area (Å²) in [5.41, 5.74) is 4.44. The van der Waals surface area contributed by atoms with E-state index in [1.165, 1.54) is 12.1 Å². The second-order valence-electron chi connectivity index (χ2n) is 9.10. The molecule has 1 aliphatic heterocycles. The molecule has 22 heteroatoms. The van der Waals surface area contributed by atoms with Crippen molar-refractivity contribution >= 4 is 41.6 Å². The molecular weight excluding hydrogens is 641 g/mol. The average molecular weight is 675 g/mol. The van der Waals surface area contributed by atoms with Gasteiger partial charge in [-0.1, -0.05) is 18.2 Å². The number of ether oxygens (including phenoxy) is 1. The van der Waals surface area contributed by atoms with Gasteiger partial charge in [0.15, 0.2) is 0 Å². The lowest BCUT2D eigenvalue weighted by atomic mass is 9.97. The molecule has 1 aliphatic rings. The lowest BCUT2D eigenvalue weighted by Gasteiger charge is -2.34. The molecule has 1 amide bonds. The maximum atomic E-state index is 13.3. The van der Waals surface area contributed by atoms with Gasteiger partial charge in [-0.05, 0) is 68.2 Å². The summed E-state index contributed by atoms with van der Waals surface area (Å²) in [6.07, 6.45) is 7.26. The van der Waals surface area contributed by atoms with E-state index in [9.17, 15) is 26.4 Å². The Morgan fingerprint density at radius 2 is 1.40 bits per heavy atom. The van der Waals surface area contributed by atoms with E-state index >= 15 is 0 Å². The molecule has 0 radical (unpaired) electrons. The van der Waals surface area contributed by atoms with Crippen molar-refractivity contribution < 1.29 is 71.4 Å². The largest absolute Gasteiger partial charge is 0.674 e. The molecule has 47 heavy (non-hydrogen) atoms. The van der Waals surface area contributed by atoms with Crippen molar-refractivity contribution in [2.45, 2.75) is 32.7 Å². The Morgan fingerprint density at radius 3 is 1.85 bits per heavy atom. The fourth-order valence-corrected chi connectivity index (χ4v) is 4.01. The predicted octanol–water partition coefficient (Wildman–Crippen LogP) is 0.797. The summed E-state index contributed by atoms with van der Waals surface area (Å²) in [5.74, 6) is 0.465. The van der Waals surface area contributed by atoms with Gasteiger partial charge in [-0.15, -0.1) is 0 Å². The second kappa shape index (κ2) is 22.7. The number of methoxy groups -OCH3 is 1. The molecule has 0 spiro atoms. The van der Waals surface area contributed by atoms with Gasteiger partial charge in [0.1, 0.15) is 11.6 Å². The number of imidazole rings is 1. The summed E-state index contributed by atoms with van der Waals surface area (Å²) in [7, 11) is -9.03. The third kappa shape index (κ3) is 18.9. The van der Waals surface area contributed by atoms with Crippen LogP contribution in [-0.4, -0.2) is 104 Å². The van der Waals surface area contributed by atoms with Gasteiger partial charge < -0.3 is 54.4 Å². The van der Waals surface area contributed by atoms with Gasteiger partial charge in [-0.25, -0.2) is 9.37 Å². The molecule has 8 N–H and O–H groups in total. The van der Waals surface area contributed by atoms with Gasteiger partial charge in [0, 0.05) is 18.3 Å². The Hall–Kier alpha value is -3.75. The summed E-state index contributed by atoms with van der Waals surface area (Å²) in [6.45, 7) is 4.62. The highest BCUT2D eigenvalue weighted by molar-refractivity contribution is 6.32. The van der Waals surface area contributed by atoms with Crippen molar-refractivity contribution in [1.29, 1.82) is 0 Å². The summed E-state index contributed by atoms with van der Waals surface area (Å²) in [6, 6.07) is 12.1. The highest BCUT2D eigenvalue weighted by Crippen LogP contribution is 2.30. The van der Waals surface area contributed by atoms with Gasteiger partial charge in [-0.2, -0.15) is 0 Å². The molecule has 2 aromatic carbocycles. The molecule has 1 saturated heterocycles. The van der Waals surface area contributed by atoms with Gasteiger partial charge in [-0.3, -0.25) is 22.1 Å². The fraction of sp³-hybridized carbons (Fsp3) is 0.280. The first-order valence-corrected chi connectivity index (χ1v) is 13.4. The van der Waals surface area contributed by atoms with Crippen molar-refractivity contribution in [3.63, 3.8) is 0 Å². The minimum absolute atomic E-state index is 0.0244. The van der Waals surface area contributed by atoms with E-state index in [4.69, 9.17) is 44.9 Å². The second-order valence-corrected chi connectivity index (χ2v) is 9.10. The molecule has 256 valence electrons. The molecule has 0 aliphatic carbocycles. The van der Waals surface area contributed by atoms with E-state index in [2.05, 4.69) is 4.98 Å². The first kappa shape index (κ1) is 43.2. The average Bonchev–Trinajstić information content (AvgIpc) is 3.39. The normalized spacial score (nSPS) is 13.2. The summed E-state index contributed by atoms with van der Waals surface area (Å²) in [5, 5.41) is 55.6. The van der Waals surface area contributed by atoms with Gasteiger partial charge in [0.25, 0.3) is 0 Å². The number of amides is 1. The molecule has 3 aromatic rings. The number of carbonyl (C=O) groups excluding carboxylic acids is 1. The summed E-state index contributed by atoms with van der Waals surface area (Å²) < 4.78 is 61.2. The molecule has 0 saturated carbocycles. The fourth-order valence-electron chi connectivity index (χ4n) is 4.01. The van der Waals surface area contributed by atoms with Crippen molar-refractivity contribution in [2.75, 3.05) is 13.7 Å². The molecule has 1 aromatic heterocycles. The van der Waals surface area contributed by atoms with Crippen LogP contribution in [0.25, 0.3) is 11.8 Å². The van der Waals surface area contributed by atoms with Crippen LogP contribution in [-0.2, 0) is 4.79 Å². The minimum atomic E-state index is -2.67. The van der Waals surface area contributed by atoms with Crippen LogP contribution >= 0.6 is 0 Å². The highest BCUT2D eigenvalue weighted by atomic mass is 19.1. The summed E-state index contributed by atoms with van der Waals surface area (Å²) in [4.78, 5) is 19.3. The first-order chi connectivity index (χ1) is 21.9. The van der Waals surface area contributed by atoms with E-state index in [0.717, 1.165) is 40.9 Å². The van der Waals surface area contributed by atoms with E-state index in [1.54, 1.807) is 25.6 Å². The topological polar surface area (TPSA) is 209 Å². The number of rotatable bonds is 5. The van der Waals surface area contributed by atoms with Crippen molar-refractivity contribution in [1.82, 2.24) is 14.5 Å². The molecule has 2 heterocycles. The van der Waals surface area contributed by atoms with Crippen molar-refractivity contribution in [2.24, 2.45) is 0 Å². The van der Waals surface area contributed by atoms with E-state index in [1.807, 2.05) is 53.8 Å². The SMILES string of the molecule is COc1cc(/C=C2\CCCN([C@@H](C)c3ccc(F)cc3)C2=O)ccc1-n1cnc(C)c1.OB(O)F.OB(O)F.OB(O)F.OB(O)F. The Kier molecular flexibility index (Phi) is 20.9. The van der Waals surface area contributed by atoms with Gasteiger partial charge in [0.2, 0.25) is 5.91 Å². The Balaban J connectivity index is 0.00000111. The number of nitrogens with zero attached hydrogens (tertiary/aromatic N) is 3. The molecule has 0 bridgehead atoms. The monoisotopic (exact) mass is 675 g/mol. The van der Waals surface area contributed by atoms with E-state index in [-0.39, 0.29) is 17.8 Å². The van der Waals surface area contributed by atoms with Crippen molar-refractivity contribution in [3.8, 4) is 11.4 Å². The number of halogens is 5. The number of piperidine rings is 1. The molecule has 4 rings (SSSR count). The maximum absolute atomic E-state index is 13.3. The van der Waals surface area contributed by atoms with E-state index in [0.29, 0.717) is 12.3 Å². The van der Waals surface area contributed by atoms with Gasteiger partial charge >= 0.3 is 29.6 Å². The maximum Gasteiger partial charge on any atom is 0.674 e. The van der Waals surface area contributed by atoms with Crippen LogP contribution in [0.5, 0.6) is 5.75 Å². The molecule has 1 fully saturated rings. The third-order valence-corrected chi connectivity index (χ3v) is 5.74. The lowest BCUT2D eigenvalue weighted by molar-refractivity contribution is -0.130. The lowest BCUT2D eigenvalue weighted by Crippen LogP contribution is -2.38. The quantitative estimate of drug-likeness (QED) is 0.108. The summed E-state index contributed by atoms with van der Waals surface area (Å²) >= 11 is 0. The first-order valence-electron chi connectivity index (χ1n) is 13.4. The molecule has 0 unspecified atom stereocenters. The number of carbonyl (C=O) groups is 1. The van der Waals surface area contributed by atoms with Crippen LogP contribution in [0.1, 0.15) is 42.6 Å². The number of hydrogen-bond acceptors (Lipinski definition) is 11. The van der Waals surface area contributed by atoms with Crippen LogP contribution in [0.3, 0.4) is 0 Å². The molecular formula is C25H34B4F5N3O10. The zero-order valence-corrected chi connectivity index (χ0v) is 25.4. The third-order valence-electron chi connectivity index (χ3n) is 5.74. The molecule has 13 nitrogen and oxygen atoms in total. The smallest absolute Gasteiger partial charge is 0.495 e. The number of hydrogen-bond donors (Lipinski definition) is 8. The zero-order valence-electron chi connectivity index (χ0n) is 25.4. The number of likely N-dealkylation sites (tertiary alicyclic amines) is 1. The number of aryl methyl sites for hydroxylation is 1. The predicted molar refractivity (Wildman–Crippen MR) is 164 cm³/mol. The zero-order chi connectivity index (χ0) is 36.3. The standard InChI is InChI=1S/C25H26FN3O2.4BFH2O2/c1-17-15-28(16-27-17)23-11-6-19(14-24(23)31-3)13-21-5-4-12-29(25(21)30)18(2)20-7-9-22(26)10-8-20;4*2-1(3)4/h6-11,13-16,18H,4-5,12H2,1-3H3;4*3-4H/b21-13+;;;;/t18-;;;;/m0..../s1. The number of benzene rings is 2. The highest BCUT2D eigenvalue weighted by Gasteiger charge is 2.28. The van der Waals surface area contributed by atoms with Crippen LogP contribution in [0.15, 0.2) is 60.6 Å². The number of aromatic nitrogens is 2. The Labute approximate surface area is 268 Å². The van der Waals surface area contributed by atoms with Crippen molar-refractivity contribution in [3.05, 3.63) is 83.2 Å². The Morgan fingerprint density at radius 1 is 0.894 bits per heavy atom. The van der Waals surface area contributed by atoms with Gasteiger partial charge in [0.05, 0.1) is 30.9 Å². The van der Waals surface area contributed by atoms with E-state index < -0.39 is 29.6 Å². The van der Waals surface area contributed by atoms with Crippen LogP contribution in [0, 0.1) is 12.7 Å². The molecule has 1 atom stereocenters.